The van der Waals surface area contributed by atoms with Gasteiger partial charge in [0, 0.05) is 11.4 Å². The van der Waals surface area contributed by atoms with E-state index in [1.165, 1.54) is 17.3 Å². The number of hydrogen-bond acceptors (Lipinski definition) is 3. The normalized spacial score (nSPS) is 10.1. The number of nitrogens with one attached hydrogen (secondary N) is 1. The molecule has 18 heavy (non-hydrogen) atoms. The van der Waals surface area contributed by atoms with Crippen molar-refractivity contribution in [3.63, 3.8) is 0 Å². The molecule has 0 aromatic heterocycles. The molecule has 0 unspecified atom stereocenters. The molecule has 1 amide bonds. The van der Waals surface area contributed by atoms with Gasteiger partial charge < -0.3 is 10.4 Å². The molecule has 0 heterocycles. The number of carboxylic acids is 1. The van der Waals surface area contributed by atoms with Crippen LogP contribution in [-0.2, 0) is 9.59 Å². The Hall–Kier alpha value is -1.49. The lowest BCUT2D eigenvalue weighted by molar-refractivity contribution is -0.136. The van der Waals surface area contributed by atoms with Crippen LogP contribution in [0.1, 0.15) is 17.5 Å². The molecule has 2 N–H and O–H groups in total. The van der Waals surface area contributed by atoms with Gasteiger partial charge in [0.1, 0.15) is 0 Å². The number of rotatable bonds is 6. The summed E-state index contributed by atoms with van der Waals surface area (Å²) in [5.74, 6) is -0.734. The molecule has 0 aliphatic carbocycles. The van der Waals surface area contributed by atoms with E-state index in [2.05, 4.69) is 11.4 Å². The molecule has 0 radical (unpaired) electrons. The summed E-state index contributed by atoms with van der Waals surface area (Å²) in [5.41, 5.74) is 2.35. The third-order valence-electron chi connectivity index (χ3n) is 2.35. The molecule has 1 aromatic carbocycles. The van der Waals surface area contributed by atoms with Gasteiger partial charge in [0.05, 0.1) is 12.2 Å². The Morgan fingerprint density at radius 1 is 1.33 bits per heavy atom. The minimum atomic E-state index is -0.905. The van der Waals surface area contributed by atoms with Crippen molar-refractivity contribution in [2.45, 2.75) is 25.2 Å². The lowest BCUT2D eigenvalue weighted by atomic mass is 10.2. The molecule has 98 valence electrons. The molecule has 0 fully saturated rings. The number of carbonyl (C=O) groups excluding carboxylic acids is 1. The molecule has 1 aromatic rings. The standard InChI is InChI=1S/C13H17NO3S/c1-9-3-4-11(10(2)7-9)18-8-12(15)14-6-5-13(16)17/h3-4,7H,5-6,8H2,1-2H3,(H,14,15)(H,16,17). The summed E-state index contributed by atoms with van der Waals surface area (Å²) < 4.78 is 0. The van der Waals surface area contributed by atoms with Gasteiger partial charge in [-0.3, -0.25) is 9.59 Å². The maximum absolute atomic E-state index is 11.5. The summed E-state index contributed by atoms with van der Waals surface area (Å²) in [4.78, 5) is 22.8. The van der Waals surface area contributed by atoms with Crippen molar-refractivity contribution < 1.29 is 14.7 Å². The molecule has 0 saturated heterocycles. The van der Waals surface area contributed by atoms with Gasteiger partial charge in [0.2, 0.25) is 5.91 Å². The fourth-order valence-corrected chi connectivity index (χ4v) is 2.30. The van der Waals surface area contributed by atoms with Crippen LogP contribution in [0.5, 0.6) is 0 Å². The van der Waals surface area contributed by atoms with Crippen LogP contribution >= 0.6 is 11.8 Å². The van der Waals surface area contributed by atoms with E-state index in [0.717, 1.165) is 10.5 Å². The Bertz CT molecular complexity index is 446. The van der Waals surface area contributed by atoms with E-state index in [0.29, 0.717) is 5.75 Å². The largest absolute Gasteiger partial charge is 0.481 e. The summed E-state index contributed by atoms with van der Waals surface area (Å²) in [6.45, 7) is 4.22. The maximum atomic E-state index is 11.5. The maximum Gasteiger partial charge on any atom is 0.305 e. The van der Waals surface area contributed by atoms with Crippen molar-refractivity contribution in [3.8, 4) is 0 Å². The zero-order valence-corrected chi connectivity index (χ0v) is 11.3. The number of carboxylic acid groups (broad SMARTS) is 1. The van der Waals surface area contributed by atoms with Gasteiger partial charge in [0.25, 0.3) is 0 Å². The summed E-state index contributed by atoms with van der Waals surface area (Å²) in [6.07, 6.45) is -0.0417. The van der Waals surface area contributed by atoms with Crippen LogP contribution in [-0.4, -0.2) is 29.3 Å². The Morgan fingerprint density at radius 2 is 2.06 bits per heavy atom. The third kappa shape index (κ3) is 5.23. The highest BCUT2D eigenvalue weighted by molar-refractivity contribution is 8.00. The highest BCUT2D eigenvalue weighted by Crippen LogP contribution is 2.22. The van der Waals surface area contributed by atoms with E-state index in [1.807, 2.05) is 26.0 Å². The Morgan fingerprint density at radius 3 is 2.67 bits per heavy atom. The van der Waals surface area contributed by atoms with Crippen molar-refractivity contribution in [1.29, 1.82) is 0 Å². The van der Waals surface area contributed by atoms with Crippen LogP contribution in [0.2, 0.25) is 0 Å². The highest BCUT2D eigenvalue weighted by atomic mass is 32.2. The van der Waals surface area contributed by atoms with Gasteiger partial charge >= 0.3 is 5.97 Å². The first-order valence-corrected chi connectivity index (χ1v) is 6.66. The summed E-state index contributed by atoms with van der Waals surface area (Å²) in [5, 5.41) is 11.0. The Labute approximate surface area is 111 Å². The quantitative estimate of drug-likeness (QED) is 0.774. The van der Waals surface area contributed by atoms with E-state index in [1.54, 1.807) is 0 Å². The molecule has 5 heteroatoms. The van der Waals surface area contributed by atoms with Crippen LogP contribution in [0.4, 0.5) is 0 Å². The molecule has 0 atom stereocenters. The molecular formula is C13H17NO3S. The lowest BCUT2D eigenvalue weighted by Crippen LogP contribution is -2.27. The number of aliphatic carboxylic acids is 1. The SMILES string of the molecule is Cc1ccc(SCC(=O)NCCC(=O)O)c(C)c1. The number of benzene rings is 1. The number of hydrogen-bond donors (Lipinski definition) is 2. The number of aryl methyl sites for hydroxylation is 2. The second-order valence-corrected chi connectivity index (χ2v) is 5.07. The monoisotopic (exact) mass is 267 g/mol. The molecule has 0 saturated carbocycles. The Balaban J connectivity index is 2.36. The fourth-order valence-electron chi connectivity index (χ4n) is 1.46. The minimum Gasteiger partial charge on any atom is -0.481 e. The second-order valence-electron chi connectivity index (χ2n) is 4.05. The van der Waals surface area contributed by atoms with Crippen molar-refractivity contribution in [2.24, 2.45) is 0 Å². The van der Waals surface area contributed by atoms with Gasteiger partial charge in [-0.25, -0.2) is 0 Å². The first-order valence-electron chi connectivity index (χ1n) is 5.67. The zero-order chi connectivity index (χ0) is 13.5. The van der Waals surface area contributed by atoms with Crippen LogP contribution in [0.3, 0.4) is 0 Å². The average Bonchev–Trinajstić information content (AvgIpc) is 2.27. The van der Waals surface area contributed by atoms with E-state index < -0.39 is 5.97 Å². The van der Waals surface area contributed by atoms with E-state index in [-0.39, 0.29) is 18.9 Å². The number of thioether (sulfide) groups is 1. The van der Waals surface area contributed by atoms with E-state index >= 15 is 0 Å². The lowest BCUT2D eigenvalue weighted by Gasteiger charge is -2.07. The summed E-state index contributed by atoms with van der Waals surface area (Å²) in [6, 6.07) is 6.09. The van der Waals surface area contributed by atoms with Crippen LogP contribution < -0.4 is 5.32 Å². The van der Waals surface area contributed by atoms with Crippen molar-refractivity contribution in [1.82, 2.24) is 5.32 Å². The van der Waals surface area contributed by atoms with Crippen LogP contribution in [0.15, 0.2) is 23.1 Å². The predicted molar refractivity (Wildman–Crippen MR) is 71.9 cm³/mol. The van der Waals surface area contributed by atoms with Gasteiger partial charge in [0.15, 0.2) is 0 Å². The van der Waals surface area contributed by atoms with Gasteiger partial charge in [-0.1, -0.05) is 17.7 Å². The first kappa shape index (κ1) is 14.6. The topological polar surface area (TPSA) is 66.4 Å². The summed E-state index contributed by atoms with van der Waals surface area (Å²) >= 11 is 1.46. The molecule has 0 spiro atoms. The second kappa shape index (κ2) is 7.06. The molecule has 1 rings (SSSR count). The molecule has 4 nitrogen and oxygen atoms in total. The van der Waals surface area contributed by atoms with Gasteiger partial charge in [-0.15, -0.1) is 11.8 Å². The van der Waals surface area contributed by atoms with Gasteiger partial charge in [-0.05, 0) is 25.5 Å². The predicted octanol–water partition coefficient (Wildman–Crippen LogP) is 1.99. The first-order chi connectivity index (χ1) is 8.49. The number of amides is 1. The fraction of sp³-hybridized carbons (Fsp3) is 0.385. The molecular weight excluding hydrogens is 250 g/mol. The zero-order valence-electron chi connectivity index (χ0n) is 10.5. The molecule has 0 bridgehead atoms. The highest BCUT2D eigenvalue weighted by Gasteiger charge is 2.05. The smallest absolute Gasteiger partial charge is 0.305 e. The minimum absolute atomic E-state index is 0.0417. The molecule has 0 aliphatic rings. The van der Waals surface area contributed by atoms with Crippen LogP contribution in [0.25, 0.3) is 0 Å². The van der Waals surface area contributed by atoms with E-state index in [9.17, 15) is 9.59 Å². The van der Waals surface area contributed by atoms with Crippen molar-refractivity contribution in [3.05, 3.63) is 29.3 Å². The summed E-state index contributed by atoms with van der Waals surface area (Å²) in [7, 11) is 0. The average molecular weight is 267 g/mol. The van der Waals surface area contributed by atoms with E-state index in [4.69, 9.17) is 5.11 Å². The van der Waals surface area contributed by atoms with Crippen molar-refractivity contribution >= 4 is 23.6 Å². The molecule has 0 aliphatic heterocycles. The number of carbonyl (C=O) groups is 2. The third-order valence-corrected chi connectivity index (χ3v) is 3.53. The van der Waals surface area contributed by atoms with Crippen molar-refractivity contribution in [2.75, 3.05) is 12.3 Å². The van der Waals surface area contributed by atoms with Gasteiger partial charge in [-0.2, -0.15) is 0 Å². The van der Waals surface area contributed by atoms with Crippen LogP contribution in [0, 0.1) is 13.8 Å². The Kier molecular flexibility index (Phi) is 5.71.